The third-order valence-electron chi connectivity index (χ3n) is 6.10. The minimum Gasteiger partial charge on any atom is -0.512 e. The Balaban J connectivity index is 2.18. The maximum Gasteiger partial charge on any atom is 0.163 e. The molecule has 0 unspecified atom stereocenters. The van der Waals surface area contributed by atoms with Crippen molar-refractivity contribution in [2.45, 2.75) is 59.3 Å². The van der Waals surface area contributed by atoms with Crippen LogP contribution in [0.15, 0.2) is 29.5 Å². The Kier molecular flexibility index (Phi) is 5.56. The second-order valence-corrected chi connectivity index (χ2v) is 10.1. The van der Waals surface area contributed by atoms with Gasteiger partial charge in [0.2, 0.25) is 0 Å². The third kappa shape index (κ3) is 4.13. The van der Waals surface area contributed by atoms with Crippen LogP contribution in [0.1, 0.15) is 64.9 Å². The summed E-state index contributed by atoms with van der Waals surface area (Å²) in [5, 5.41) is 21.1. The molecule has 30 heavy (non-hydrogen) atoms. The number of benzene rings is 1. The maximum atomic E-state index is 13.1. The predicted molar refractivity (Wildman–Crippen MR) is 112 cm³/mol. The standard InChI is InChI=1S/C24H30O6/c1-23(2)9-15(26)21(16(27)10-23)20(13-6-7-19(30-5)14(25)8-13)22-17(28)11-24(3,4)12-18(22)29/h6-8,20-21,25,28H,9-12H2,1-5H3/t20-/m0/s1. The molecule has 1 saturated carbocycles. The summed E-state index contributed by atoms with van der Waals surface area (Å²) >= 11 is 0. The molecule has 162 valence electrons. The van der Waals surface area contributed by atoms with E-state index in [0.717, 1.165) is 0 Å². The molecule has 0 saturated heterocycles. The van der Waals surface area contributed by atoms with Crippen LogP contribution in [-0.2, 0) is 14.4 Å². The number of phenolic OH excluding ortho intramolecular Hbond substituents is 1. The van der Waals surface area contributed by atoms with Crippen LogP contribution < -0.4 is 4.74 Å². The molecule has 1 atom stereocenters. The van der Waals surface area contributed by atoms with Crippen molar-refractivity contribution in [3.63, 3.8) is 0 Å². The smallest absolute Gasteiger partial charge is 0.163 e. The van der Waals surface area contributed by atoms with Gasteiger partial charge in [0, 0.05) is 37.2 Å². The topological polar surface area (TPSA) is 101 Å². The van der Waals surface area contributed by atoms with E-state index in [1.807, 2.05) is 27.7 Å². The highest BCUT2D eigenvalue weighted by Crippen LogP contribution is 2.48. The fourth-order valence-electron chi connectivity index (χ4n) is 4.86. The molecule has 6 nitrogen and oxygen atoms in total. The Morgan fingerprint density at radius 2 is 1.50 bits per heavy atom. The van der Waals surface area contributed by atoms with Crippen molar-refractivity contribution in [3.8, 4) is 11.5 Å². The zero-order valence-corrected chi connectivity index (χ0v) is 18.2. The first kappa shape index (κ1) is 22.1. The zero-order chi connectivity index (χ0) is 22.4. The Labute approximate surface area is 176 Å². The molecule has 2 aliphatic rings. The second kappa shape index (κ2) is 7.56. The summed E-state index contributed by atoms with van der Waals surface area (Å²) in [5.41, 5.74) is -0.286. The van der Waals surface area contributed by atoms with E-state index in [9.17, 15) is 24.6 Å². The van der Waals surface area contributed by atoms with E-state index >= 15 is 0 Å². The maximum absolute atomic E-state index is 13.1. The molecule has 0 radical (unpaired) electrons. The molecule has 1 fully saturated rings. The molecule has 0 amide bonds. The molecule has 1 aromatic rings. The number of methoxy groups -OCH3 is 1. The molecule has 0 heterocycles. The summed E-state index contributed by atoms with van der Waals surface area (Å²) in [6.45, 7) is 7.54. The van der Waals surface area contributed by atoms with Crippen LogP contribution in [0, 0.1) is 16.7 Å². The largest absolute Gasteiger partial charge is 0.512 e. The molecular weight excluding hydrogens is 384 g/mol. The Morgan fingerprint density at radius 3 is 2.00 bits per heavy atom. The molecule has 0 bridgehead atoms. The van der Waals surface area contributed by atoms with E-state index in [0.29, 0.717) is 5.56 Å². The van der Waals surface area contributed by atoms with Crippen LogP contribution in [-0.4, -0.2) is 34.7 Å². The number of aliphatic hydroxyl groups is 1. The van der Waals surface area contributed by atoms with Crippen LogP contribution in [0.25, 0.3) is 0 Å². The third-order valence-corrected chi connectivity index (χ3v) is 6.10. The number of hydrogen-bond acceptors (Lipinski definition) is 6. The van der Waals surface area contributed by atoms with E-state index in [1.165, 1.54) is 19.2 Å². The van der Waals surface area contributed by atoms with Crippen LogP contribution in [0.3, 0.4) is 0 Å². The van der Waals surface area contributed by atoms with Crippen molar-refractivity contribution in [2.24, 2.45) is 16.7 Å². The predicted octanol–water partition coefficient (Wildman–Crippen LogP) is 4.26. The minimum absolute atomic E-state index is 0.0815. The van der Waals surface area contributed by atoms with Gasteiger partial charge in [-0.3, -0.25) is 14.4 Å². The number of allylic oxidation sites excluding steroid dienone is 2. The average molecular weight is 414 g/mol. The van der Waals surface area contributed by atoms with Gasteiger partial charge < -0.3 is 14.9 Å². The molecule has 6 heteroatoms. The lowest BCUT2D eigenvalue weighted by atomic mass is 9.62. The summed E-state index contributed by atoms with van der Waals surface area (Å²) in [6.07, 6.45) is 0.935. The molecular formula is C24H30O6. The van der Waals surface area contributed by atoms with Crippen molar-refractivity contribution < 1.29 is 29.3 Å². The average Bonchev–Trinajstić information content (AvgIpc) is 2.57. The molecule has 3 rings (SSSR count). The summed E-state index contributed by atoms with van der Waals surface area (Å²) in [7, 11) is 1.42. The monoisotopic (exact) mass is 414 g/mol. The number of aliphatic hydroxyl groups excluding tert-OH is 1. The highest BCUT2D eigenvalue weighted by Gasteiger charge is 2.48. The van der Waals surface area contributed by atoms with E-state index in [1.54, 1.807) is 6.07 Å². The van der Waals surface area contributed by atoms with Crippen LogP contribution in [0.2, 0.25) is 0 Å². The molecule has 0 aromatic heterocycles. The number of ether oxygens (including phenoxy) is 1. The van der Waals surface area contributed by atoms with Gasteiger partial charge in [0.25, 0.3) is 0 Å². The quantitative estimate of drug-likeness (QED) is 0.714. The number of ketones is 3. The normalized spacial score (nSPS) is 22.9. The van der Waals surface area contributed by atoms with E-state index in [4.69, 9.17) is 4.74 Å². The number of Topliss-reactive ketones (excluding diaryl/α,β-unsaturated/α-hetero) is 3. The van der Waals surface area contributed by atoms with Crippen LogP contribution >= 0.6 is 0 Å². The summed E-state index contributed by atoms with van der Waals surface area (Å²) in [4.78, 5) is 39.3. The first-order valence-electron chi connectivity index (χ1n) is 10.2. The Bertz CT molecular complexity index is 917. The SMILES string of the molecule is COc1ccc([C@H](C2=C(O)CC(C)(C)CC2=O)C2C(=O)CC(C)(C)CC2=O)cc1O. The number of carbonyl (C=O) groups excluding carboxylic acids is 3. The van der Waals surface area contributed by atoms with Crippen molar-refractivity contribution in [1.29, 1.82) is 0 Å². The molecule has 0 spiro atoms. The van der Waals surface area contributed by atoms with Crippen molar-refractivity contribution >= 4 is 17.3 Å². The summed E-state index contributed by atoms with van der Waals surface area (Å²) < 4.78 is 5.10. The lowest BCUT2D eigenvalue weighted by Crippen LogP contribution is -2.43. The lowest BCUT2D eigenvalue weighted by Gasteiger charge is -2.39. The summed E-state index contributed by atoms with van der Waals surface area (Å²) in [6, 6.07) is 4.59. The fraction of sp³-hybridized carbons (Fsp3) is 0.542. The van der Waals surface area contributed by atoms with Gasteiger partial charge in [0.15, 0.2) is 17.3 Å². The molecule has 2 N–H and O–H groups in total. The van der Waals surface area contributed by atoms with Crippen molar-refractivity contribution in [2.75, 3.05) is 7.11 Å². The Hall–Kier alpha value is -2.63. The number of aromatic hydroxyl groups is 1. The van der Waals surface area contributed by atoms with E-state index in [-0.39, 0.29) is 65.9 Å². The van der Waals surface area contributed by atoms with Gasteiger partial charge >= 0.3 is 0 Å². The number of hydrogen-bond donors (Lipinski definition) is 2. The van der Waals surface area contributed by atoms with Gasteiger partial charge in [-0.15, -0.1) is 0 Å². The summed E-state index contributed by atoms with van der Waals surface area (Å²) in [5.74, 6) is -2.73. The van der Waals surface area contributed by atoms with E-state index < -0.39 is 22.7 Å². The second-order valence-electron chi connectivity index (χ2n) is 10.1. The molecule has 2 aliphatic carbocycles. The Morgan fingerprint density at radius 1 is 0.933 bits per heavy atom. The van der Waals surface area contributed by atoms with Crippen LogP contribution in [0.5, 0.6) is 11.5 Å². The first-order valence-corrected chi connectivity index (χ1v) is 10.2. The van der Waals surface area contributed by atoms with Gasteiger partial charge in [-0.05, 0) is 28.5 Å². The number of carbonyl (C=O) groups is 3. The molecule has 1 aromatic carbocycles. The van der Waals surface area contributed by atoms with Gasteiger partial charge in [-0.25, -0.2) is 0 Å². The molecule has 0 aliphatic heterocycles. The van der Waals surface area contributed by atoms with Gasteiger partial charge in [0.05, 0.1) is 13.0 Å². The lowest BCUT2D eigenvalue weighted by molar-refractivity contribution is -0.140. The van der Waals surface area contributed by atoms with Gasteiger partial charge in [0.1, 0.15) is 17.3 Å². The number of rotatable bonds is 4. The number of phenols is 1. The fourth-order valence-corrected chi connectivity index (χ4v) is 4.86. The highest BCUT2D eigenvalue weighted by atomic mass is 16.5. The zero-order valence-electron chi connectivity index (χ0n) is 18.2. The van der Waals surface area contributed by atoms with E-state index in [2.05, 4.69) is 0 Å². The minimum atomic E-state index is -1.06. The highest BCUT2D eigenvalue weighted by molar-refractivity contribution is 6.09. The van der Waals surface area contributed by atoms with Gasteiger partial charge in [-0.2, -0.15) is 0 Å². The van der Waals surface area contributed by atoms with Crippen molar-refractivity contribution in [1.82, 2.24) is 0 Å². The van der Waals surface area contributed by atoms with Crippen LogP contribution in [0.4, 0.5) is 0 Å². The van der Waals surface area contributed by atoms with Crippen molar-refractivity contribution in [3.05, 3.63) is 35.1 Å². The first-order chi connectivity index (χ1) is 13.8. The van der Waals surface area contributed by atoms with Gasteiger partial charge in [-0.1, -0.05) is 33.8 Å².